The maximum Gasteiger partial charge on any atom is 0.362 e. The summed E-state index contributed by atoms with van der Waals surface area (Å²) >= 11 is 3.32. The van der Waals surface area contributed by atoms with Crippen LogP contribution < -0.4 is 9.74 Å². The van der Waals surface area contributed by atoms with Crippen molar-refractivity contribution >= 4 is 32.0 Å². The van der Waals surface area contributed by atoms with Crippen molar-refractivity contribution in [2.75, 3.05) is 6.61 Å². The molecule has 0 bridgehead atoms. The van der Waals surface area contributed by atoms with Crippen molar-refractivity contribution in [2.45, 2.75) is 37.5 Å². The van der Waals surface area contributed by atoms with Crippen LogP contribution in [-0.2, 0) is 27.7 Å². The second-order valence-electron chi connectivity index (χ2n) is 7.48. The van der Waals surface area contributed by atoms with E-state index in [0.29, 0.717) is 10.2 Å². The molecule has 0 aliphatic heterocycles. The largest absolute Gasteiger partial charge is 0.461 e. The number of carbonyl (C=O) groups excluding carboxylic acids is 1. The molecule has 10 heteroatoms. The SMILES string of the molecule is CCOC(=O)c1nn(-c2cccc(Br)c2)c(=O)cc1OS(=O)(=O)c1ccc2c(c1)CCCC2. The zero-order valence-corrected chi connectivity index (χ0v) is 20.2. The predicted molar refractivity (Wildman–Crippen MR) is 124 cm³/mol. The van der Waals surface area contributed by atoms with E-state index in [4.69, 9.17) is 8.92 Å². The van der Waals surface area contributed by atoms with Crippen LogP contribution in [0.25, 0.3) is 5.69 Å². The molecule has 33 heavy (non-hydrogen) atoms. The van der Waals surface area contributed by atoms with Crippen LogP contribution in [0.1, 0.15) is 41.4 Å². The van der Waals surface area contributed by atoms with Crippen molar-refractivity contribution in [2.24, 2.45) is 0 Å². The molecular weight excluding hydrogens is 512 g/mol. The summed E-state index contributed by atoms with van der Waals surface area (Å²) in [5.41, 5.74) is 1.37. The van der Waals surface area contributed by atoms with E-state index in [2.05, 4.69) is 21.0 Å². The van der Waals surface area contributed by atoms with Crippen LogP contribution >= 0.6 is 15.9 Å². The van der Waals surface area contributed by atoms with Crippen LogP contribution in [-0.4, -0.2) is 30.8 Å². The number of rotatable bonds is 6. The number of hydrogen-bond acceptors (Lipinski definition) is 7. The Morgan fingerprint density at radius 1 is 1.09 bits per heavy atom. The zero-order chi connectivity index (χ0) is 23.6. The highest BCUT2D eigenvalue weighted by Crippen LogP contribution is 2.27. The average Bonchev–Trinajstić information content (AvgIpc) is 2.78. The van der Waals surface area contributed by atoms with Gasteiger partial charge in [-0.15, -0.1) is 0 Å². The van der Waals surface area contributed by atoms with Crippen molar-refractivity contribution in [3.63, 3.8) is 0 Å². The van der Waals surface area contributed by atoms with E-state index in [-0.39, 0.29) is 11.5 Å². The van der Waals surface area contributed by atoms with Gasteiger partial charge in [0.25, 0.3) is 5.56 Å². The monoisotopic (exact) mass is 532 g/mol. The molecule has 1 aromatic heterocycles. The van der Waals surface area contributed by atoms with Crippen LogP contribution in [0.4, 0.5) is 0 Å². The van der Waals surface area contributed by atoms with E-state index in [1.54, 1.807) is 43.3 Å². The van der Waals surface area contributed by atoms with E-state index in [0.717, 1.165) is 47.6 Å². The summed E-state index contributed by atoms with van der Waals surface area (Å²) in [6, 6.07) is 12.5. The highest BCUT2D eigenvalue weighted by atomic mass is 79.9. The third-order valence-corrected chi connectivity index (χ3v) is 6.95. The first-order valence-corrected chi connectivity index (χ1v) is 12.6. The molecule has 0 amide bonds. The Morgan fingerprint density at radius 3 is 2.58 bits per heavy atom. The van der Waals surface area contributed by atoms with Gasteiger partial charge in [-0.1, -0.05) is 28.1 Å². The Hall–Kier alpha value is -2.98. The topological polar surface area (TPSA) is 105 Å². The third kappa shape index (κ3) is 5.01. The van der Waals surface area contributed by atoms with Crippen molar-refractivity contribution in [1.29, 1.82) is 0 Å². The molecule has 0 spiro atoms. The summed E-state index contributed by atoms with van der Waals surface area (Å²) in [6.45, 7) is 1.64. The molecular formula is C23H21BrN2O6S. The molecule has 0 radical (unpaired) electrons. The van der Waals surface area contributed by atoms with Gasteiger partial charge in [0.1, 0.15) is 4.90 Å². The highest BCUT2D eigenvalue weighted by molar-refractivity contribution is 9.10. The molecule has 0 unspecified atom stereocenters. The fourth-order valence-electron chi connectivity index (χ4n) is 3.67. The van der Waals surface area contributed by atoms with E-state index >= 15 is 0 Å². The second-order valence-corrected chi connectivity index (χ2v) is 9.94. The first-order chi connectivity index (χ1) is 15.8. The van der Waals surface area contributed by atoms with E-state index in [1.165, 1.54) is 6.07 Å². The normalized spacial score (nSPS) is 13.3. The fraction of sp³-hybridized carbons (Fsp3) is 0.261. The van der Waals surface area contributed by atoms with Gasteiger partial charge in [-0.05, 0) is 74.1 Å². The number of benzene rings is 2. The molecule has 2 aromatic carbocycles. The molecule has 0 N–H and O–H groups in total. The van der Waals surface area contributed by atoms with Gasteiger partial charge in [-0.25, -0.2) is 4.79 Å². The smallest absolute Gasteiger partial charge is 0.362 e. The number of esters is 1. The van der Waals surface area contributed by atoms with Gasteiger partial charge < -0.3 is 8.92 Å². The van der Waals surface area contributed by atoms with E-state index in [1.807, 2.05) is 0 Å². The van der Waals surface area contributed by atoms with Crippen LogP contribution in [0.15, 0.2) is 62.7 Å². The second kappa shape index (κ2) is 9.48. The van der Waals surface area contributed by atoms with Gasteiger partial charge in [-0.2, -0.15) is 18.2 Å². The first-order valence-electron chi connectivity index (χ1n) is 10.4. The lowest BCUT2D eigenvalue weighted by Crippen LogP contribution is -2.26. The van der Waals surface area contributed by atoms with E-state index < -0.39 is 33.1 Å². The molecule has 1 heterocycles. The highest BCUT2D eigenvalue weighted by Gasteiger charge is 2.26. The summed E-state index contributed by atoms with van der Waals surface area (Å²) in [6.07, 6.45) is 3.75. The minimum absolute atomic E-state index is 0.0353. The first kappa shape index (κ1) is 23.2. The summed E-state index contributed by atoms with van der Waals surface area (Å²) in [4.78, 5) is 25.3. The molecule has 4 rings (SSSR count). The Bertz CT molecular complexity index is 1380. The van der Waals surface area contributed by atoms with Gasteiger partial charge in [0.15, 0.2) is 5.75 Å². The van der Waals surface area contributed by atoms with Crippen LogP contribution in [0.5, 0.6) is 5.75 Å². The summed E-state index contributed by atoms with van der Waals surface area (Å²) in [7, 11) is -4.32. The van der Waals surface area contributed by atoms with Gasteiger partial charge in [0.2, 0.25) is 5.69 Å². The van der Waals surface area contributed by atoms with E-state index in [9.17, 15) is 18.0 Å². The molecule has 8 nitrogen and oxygen atoms in total. The number of aromatic nitrogens is 2. The van der Waals surface area contributed by atoms with Gasteiger partial charge in [0.05, 0.1) is 18.4 Å². The van der Waals surface area contributed by atoms with Crippen LogP contribution in [0, 0.1) is 0 Å². The van der Waals surface area contributed by atoms with Gasteiger partial charge in [-0.3, -0.25) is 4.79 Å². The quantitative estimate of drug-likeness (QED) is 0.351. The molecule has 3 aromatic rings. The number of halogens is 1. The van der Waals surface area contributed by atoms with Gasteiger partial charge in [0, 0.05) is 4.47 Å². The van der Waals surface area contributed by atoms with Crippen LogP contribution in [0.3, 0.4) is 0 Å². The fourth-order valence-corrected chi connectivity index (χ4v) is 5.04. The van der Waals surface area contributed by atoms with Crippen molar-refractivity contribution in [1.82, 2.24) is 9.78 Å². The Morgan fingerprint density at radius 2 is 1.85 bits per heavy atom. The van der Waals surface area contributed by atoms with Gasteiger partial charge >= 0.3 is 16.1 Å². The summed E-state index contributed by atoms with van der Waals surface area (Å²) in [5, 5.41) is 4.07. The summed E-state index contributed by atoms with van der Waals surface area (Å²) in [5.74, 6) is -1.39. The molecule has 0 saturated heterocycles. The average molecular weight is 533 g/mol. The molecule has 172 valence electrons. The lowest BCUT2D eigenvalue weighted by molar-refractivity contribution is 0.0515. The standard InChI is InChI=1S/C23H21BrN2O6S/c1-2-31-23(28)22-20(14-21(27)26(25-22)18-9-5-8-17(24)13-18)32-33(29,30)19-11-10-15-6-3-4-7-16(15)12-19/h5,8-14H,2-4,6-7H2,1H3. The zero-order valence-electron chi connectivity index (χ0n) is 17.8. The number of fused-ring (bicyclic) bond motifs is 1. The summed E-state index contributed by atoms with van der Waals surface area (Å²) < 4.78 is 38.0. The Kier molecular flexibility index (Phi) is 6.66. The Balaban J connectivity index is 1.77. The number of hydrogen-bond donors (Lipinski definition) is 0. The number of carbonyl (C=O) groups is 1. The molecule has 1 aliphatic carbocycles. The van der Waals surface area contributed by atoms with Crippen LogP contribution in [0.2, 0.25) is 0 Å². The number of aryl methyl sites for hydroxylation is 2. The van der Waals surface area contributed by atoms with Crippen molar-refractivity contribution < 1.29 is 22.1 Å². The number of ether oxygens (including phenoxy) is 1. The number of nitrogens with zero attached hydrogens (tertiary/aromatic N) is 2. The predicted octanol–water partition coefficient (Wildman–Crippen LogP) is 3.82. The van der Waals surface area contributed by atoms with Crippen molar-refractivity contribution in [3.05, 3.63) is 80.2 Å². The molecule has 0 saturated carbocycles. The minimum atomic E-state index is -4.32. The minimum Gasteiger partial charge on any atom is -0.461 e. The molecule has 0 fully saturated rings. The maximum atomic E-state index is 13.0. The van der Waals surface area contributed by atoms with Crippen molar-refractivity contribution in [3.8, 4) is 11.4 Å². The maximum absolute atomic E-state index is 13.0. The molecule has 1 aliphatic rings. The lowest BCUT2D eigenvalue weighted by Gasteiger charge is -2.17. The molecule has 0 atom stereocenters. The lowest BCUT2D eigenvalue weighted by atomic mass is 9.92. The Labute approximate surface area is 199 Å². The third-order valence-electron chi connectivity index (χ3n) is 5.23.